The van der Waals surface area contributed by atoms with E-state index in [1.807, 2.05) is 14.1 Å². The van der Waals surface area contributed by atoms with Gasteiger partial charge in [0.25, 0.3) is 5.91 Å². The van der Waals surface area contributed by atoms with Crippen molar-refractivity contribution < 1.29 is 9.90 Å². The van der Waals surface area contributed by atoms with Gasteiger partial charge in [-0.1, -0.05) is 56.5 Å². The molecule has 3 aliphatic rings. The predicted molar refractivity (Wildman–Crippen MR) is 159 cm³/mol. The van der Waals surface area contributed by atoms with Crippen LogP contribution in [0.25, 0.3) is 5.65 Å². The quantitative estimate of drug-likeness (QED) is 0.430. The summed E-state index contributed by atoms with van der Waals surface area (Å²) in [5, 5.41) is 23.1. The molecule has 1 saturated carbocycles. The highest BCUT2D eigenvalue weighted by Gasteiger charge is 2.50. The number of rotatable bonds is 5. The molecule has 5 rings (SSSR count). The van der Waals surface area contributed by atoms with Crippen molar-refractivity contribution in [1.82, 2.24) is 35.0 Å². The van der Waals surface area contributed by atoms with E-state index in [2.05, 4.69) is 30.5 Å². The number of nitrogens with zero attached hydrogens (tertiary/aromatic N) is 5. The summed E-state index contributed by atoms with van der Waals surface area (Å²) < 4.78 is 1.47. The molecule has 40 heavy (non-hydrogen) atoms. The molecular formula is C29H47ClN8O2. The Kier molecular flexibility index (Phi) is 9.21. The zero-order valence-electron chi connectivity index (χ0n) is 24.2. The van der Waals surface area contributed by atoms with Gasteiger partial charge in [0.1, 0.15) is 5.56 Å². The largest absolute Gasteiger partial charge is 0.388 e. The monoisotopic (exact) mass is 574 g/mol. The van der Waals surface area contributed by atoms with E-state index in [-0.39, 0.29) is 29.2 Å². The summed E-state index contributed by atoms with van der Waals surface area (Å²) in [7, 11) is 4.04. The third-order valence-electron chi connectivity index (χ3n) is 9.44. The van der Waals surface area contributed by atoms with Gasteiger partial charge in [-0.15, -0.1) is 5.10 Å². The van der Waals surface area contributed by atoms with Gasteiger partial charge in [-0.2, -0.15) is 0 Å². The first kappa shape index (κ1) is 29.5. The molecule has 0 radical (unpaired) electrons. The van der Waals surface area contributed by atoms with Crippen molar-refractivity contribution in [3.8, 4) is 0 Å². The van der Waals surface area contributed by atoms with Crippen molar-refractivity contribution in [2.45, 2.75) is 88.3 Å². The van der Waals surface area contributed by atoms with Crippen LogP contribution < -0.4 is 16.4 Å². The molecule has 0 aromatic carbocycles. The van der Waals surface area contributed by atoms with E-state index in [1.165, 1.54) is 55.7 Å². The number of fused-ring (bicyclic) bond motifs is 1. The van der Waals surface area contributed by atoms with Crippen molar-refractivity contribution in [2.24, 2.45) is 5.41 Å². The average molecular weight is 575 g/mol. The smallest absolute Gasteiger partial charge is 0.259 e. The van der Waals surface area contributed by atoms with Gasteiger partial charge in [0.05, 0.1) is 22.9 Å². The summed E-state index contributed by atoms with van der Waals surface area (Å²) >= 11 is 6.10. The van der Waals surface area contributed by atoms with Gasteiger partial charge >= 0.3 is 0 Å². The molecule has 2 aromatic rings. The summed E-state index contributed by atoms with van der Waals surface area (Å²) in [6, 6.07) is 0.0670. The van der Waals surface area contributed by atoms with Crippen LogP contribution in [0.1, 0.15) is 81.0 Å². The lowest BCUT2D eigenvalue weighted by Gasteiger charge is -2.55. The number of hydrogen-bond donors (Lipinski definition) is 4. The fraction of sp³-hybridized carbons (Fsp3) is 0.759. The van der Waals surface area contributed by atoms with Gasteiger partial charge in [0.2, 0.25) is 0 Å². The first-order chi connectivity index (χ1) is 19.2. The number of likely N-dealkylation sites (N-methyl/N-ethyl adjacent to an activating group) is 1. The first-order valence-corrected chi connectivity index (χ1v) is 15.5. The highest BCUT2D eigenvalue weighted by Crippen LogP contribution is 2.43. The Balaban J connectivity index is 1.44. The number of amides is 1. The second-order valence-electron chi connectivity index (χ2n) is 12.8. The lowest BCUT2D eigenvalue weighted by atomic mass is 9.66. The van der Waals surface area contributed by atoms with E-state index in [0.717, 1.165) is 45.3 Å². The van der Waals surface area contributed by atoms with Gasteiger partial charge in [-0.25, -0.2) is 9.50 Å². The minimum Gasteiger partial charge on any atom is -0.388 e. The molecule has 4 heterocycles. The molecule has 11 heteroatoms. The summed E-state index contributed by atoms with van der Waals surface area (Å²) in [5.74, 6) is -0.107. The fourth-order valence-electron chi connectivity index (χ4n) is 7.68. The van der Waals surface area contributed by atoms with Gasteiger partial charge in [-0.3, -0.25) is 9.69 Å². The van der Waals surface area contributed by atoms with Crippen LogP contribution in [0.5, 0.6) is 0 Å². The third kappa shape index (κ3) is 6.41. The second-order valence-corrected chi connectivity index (χ2v) is 13.2. The Labute approximate surface area is 243 Å². The topological polar surface area (TPSA) is 124 Å². The minimum atomic E-state index is -0.673. The molecule has 2 aliphatic heterocycles. The molecule has 0 bridgehead atoms. The summed E-state index contributed by atoms with van der Waals surface area (Å²) in [6.07, 6.45) is 15.8. The molecule has 1 amide bonds. The number of anilines is 1. The second kappa shape index (κ2) is 12.5. The molecular weight excluding hydrogens is 528 g/mol. The van der Waals surface area contributed by atoms with Crippen LogP contribution in [-0.2, 0) is 0 Å². The number of piperidine rings is 2. The van der Waals surface area contributed by atoms with Gasteiger partial charge in [0.15, 0.2) is 11.5 Å². The van der Waals surface area contributed by atoms with E-state index >= 15 is 0 Å². The van der Waals surface area contributed by atoms with Crippen LogP contribution in [0.15, 0.2) is 12.4 Å². The Morgan fingerprint density at radius 2 is 1.80 bits per heavy atom. The maximum atomic E-state index is 13.8. The average Bonchev–Trinajstić information content (AvgIpc) is 3.23. The molecule has 2 unspecified atom stereocenters. The van der Waals surface area contributed by atoms with E-state index in [4.69, 9.17) is 17.3 Å². The van der Waals surface area contributed by atoms with Crippen LogP contribution in [0.2, 0.25) is 5.02 Å². The number of carbonyl (C=O) groups excluding carboxylic acids is 1. The molecule has 3 fully saturated rings. The van der Waals surface area contributed by atoms with Crippen molar-refractivity contribution in [3.05, 3.63) is 23.0 Å². The van der Waals surface area contributed by atoms with Crippen molar-refractivity contribution >= 4 is 29.0 Å². The SMILES string of the molecule is CN(C)CC1(O)CCN(C2C(NC(=O)c3c(N)nn4cc(Cl)cnc34)CNCC23CCCCCCCCC3)CC1. The predicted octanol–water partition coefficient (Wildman–Crippen LogP) is 2.93. The normalized spacial score (nSPS) is 26.2. The Morgan fingerprint density at radius 3 is 2.45 bits per heavy atom. The molecule has 1 spiro atoms. The number of aliphatic hydroxyl groups is 1. The molecule has 222 valence electrons. The molecule has 2 atom stereocenters. The van der Waals surface area contributed by atoms with Gasteiger partial charge in [-0.05, 0) is 39.8 Å². The van der Waals surface area contributed by atoms with Crippen LogP contribution in [0.4, 0.5) is 5.82 Å². The lowest BCUT2D eigenvalue weighted by Crippen LogP contribution is -2.70. The molecule has 1 aliphatic carbocycles. The number of nitrogen functional groups attached to an aromatic ring is 1. The number of likely N-dealkylation sites (tertiary alicyclic amines) is 1. The minimum absolute atomic E-state index is 0.0585. The van der Waals surface area contributed by atoms with Crippen LogP contribution in [0.3, 0.4) is 0 Å². The standard InChI is InChI=1S/C29H47ClN8O2/c1-36(2)20-29(40)12-14-37(15-13-29)24-22(17-32-19-28(24)10-8-6-4-3-5-7-9-11-28)34-27(39)23-25(31)35-38-18-21(30)16-33-26(23)38/h16,18,22,24,32,40H,3-15,17,19-20H2,1-2H3,(H2,31,35)(H,34,39). The zero-order chi connectivity index (χ0) is 28.3. The van der Waals surface area contributed by atoms with E-state index in [1.54, 1.807) is 6.20 Å². The summed E-state index contributed by atoms with van der Waals surface area (Å²) in [5.41, 5.74) is 6.31. The zero-order valence-corrected chi connectivity index (χ0v) is 24.9. The summed E-state index contributed by atoms with van der Waals surface area (Å²) in [6.45, 7) is 3.96. The highest BCUT2D eigenvalue weighted by atomic mass is 35.5. The maximum absolute atomic E-state index is 13.8. The number of aromatic nitrogens is 3. The van der Waals surface area contributed by atoms with E-state index < -0.39 is 5.60 Å². The van der Waals surface area contributed by atoms with Crippen molar-refractivity contribution in [2.75, 3.05) is 52.6 Å². The van der Waals surface area contributed by atoms with Crippen molar-refractivity contribution in [3.63, 3.8) is 0 Å². The molecule has 10 nitrogen and oxygen atoms in total. The Hall–Kier alpha value is -1.98. The van der Waals surface area contributed by atoms with E-state index in [0.29, 0.717) is 29.3 Å². The number of nitrogens with two attached hydrogens (primary N) is 1. The third-order valence-corrected chi connectivity index (χ3v) is 9.64. The van der Waals surface area contributed by atoms with E-state index in [9.17, 15) is 9.90 Å². The highest BCUT2D eigenvalue weighted by molar-refractivity contribution is 6.30. The number of carbonyl (C=O) groups is 1. The fourth-order valence-corrected chi connectivity index (χ4v) is 7.82. The van der Waals surface area contributed by atoms with Crippen molar-refractivity contribution in [1.29, 1.82) is 0 Å². The maximum Gasteiger partial charge on any atom is 0.259 e. The Morgan fingerprint density at radius 1 is 1.15 bits per heavy atom. The van der Waals surface area contributed by atoms with Gasteiger partial charge < -0.3 is 26.4 Å². The number of hydrogen-bond acceptors (Lipinski definition) is 8. The molecule has 5 N–H and O–H groups in total. The lowest BCUT2D eigenvalue weighted by molar-refractivity contribution is -0.0769. The van der Waals surface area contributed by atoms with Crippen LogP contribution in [-0.4, -0.2) is 99.9 Å². The van der Waals surface area contributed by atoms with Gasteiger partial charge in [0, 0.05) is 50.4 Å². The number of nitrogens with one attached hydrogen (secondary N) is 2. The van der Waals surface area contributed by atoms with Crippen LogP contribution >= 0.6 is 11.6 Å². The summed E-state index contributed by atoms with van der Waals surface area (Å²) in [4.78, 5) is 22.9. The molecule has 2 aromatic heterocycles. The Bertz CT molecular complexity index is 1150. The molecule has 2 saturated heterocycles. The van der Waals surface area contributed by atoms with Crippen LogP contribution in [0, 0.1) is 5.41 Å². The first-order valence-electron chi connectivity index (χ1n) is 15.1. The number of halogens is 1.